The van der Waals surface area contributed by atoms with Gasteiger partial charge in [-0.25, -0.2) is 13.9 Å². The van der Waals surface area contributed by atoms with Crippen molar-refractivity contribution < 1.29 is 14.3 Å². The minimum Gasteiger partial charge on any atom is -0.392 e. The molecule has 6 aromatic rings. The van der Waals surface area contributed by atoms with Crippen molar-refractivity contribution >= 4 is 40.2 Å². The van der Waals surface area contributed by atoms with E-state index in [0.29, 0.717) is 33.4 Å². The predicted molar refractivity (Wildman–Crippen MR) is 152 cm³/mol. The average Bonchev–Trinajstić information content (AvgIpc) is 3.35. The van der Waals surface area contributed by atoms with E-state index in [-0.39, 0.29) is 25.0 Å². The van der Waals surface area contributed by atoms with Crippen molar-refractivity contribution in [2.45, 2.75) is 22.9 Å². The number of carbonyl (C=O) groups is 1. The summed E-state index contributed by atoms with van der Waals surface area (Å²) in [6, 6.07) is 24.8. The molecular weight excluding hydrogens is 527 g/mol. The van der Waals surface area contributed by atoms with Gasteiger partial charge in [-0.2, -0.15) is 4.98 Å². The molecule has 40 heavy (non-hydrogen) atoms. The Morgan fingerprint density at radius 1 is 0.950 bits per heavy atom. The number of halogens is 1. The van der Waals surface area contributed by atoms with Gasteiger partial charge in [-0.15, -0.1) is 5.10 Å². The lowest BCUT2D eigenvalue weighted by Gasteiger charge is -2.14. The van der Waals surface area contributed by atoms with Gasteiger partial charge in [0.2, 0.25) is 5.95 Å². The monoisotopic (exact) mass is 550 g/mol. The maximum absolute atomic E-state index is 14.2. The zero-order valence-corrected chi connectivity index (χ0v) is 21.9. The molecule has 0 saturated heterocycles. The van der Waals surface area contributed by atoms with Crippen molar-refractivity contribution in [1.82, 2.24) is 24.9 Å². The van der Waals surface area contributed by atoms with E-state index in [1.165, 1.54) is 23.9 Å². The van der Waals surface area contributed by atoms with Gasteiger partial charge in [-0.3, -0.25) is 4.79 Å². The van der Waals surface area contributed by atoms with Crippen LogP contribution in [-0.2, 0) is 13.2 Å². The number of anilines is 1. The highest BCUT2D eigenvalue weighted by atomic mass is 32.2. The first-order chi connectivity index (χ1) is 19.5. The van der Waals surface area contributed by atoms with Crippen LogP contribution in [0.1, 0.15) is 21.5 Å². The Morgan fingerprint density at radius 2 is 1.70 bits per heavy atom. The third kappa shape index (κ3) is 5.09. The SMILES string of the molecule is Nc1nc2cc(-c3cc(C(=O)NCc4ccccc4Sc4ccccc4CO)c4cc(F)ccc4n3)ccn2n1. The van der Waals surface area contributed by atoms with Crippen molar-refractivity contribution in [3.8, 4) is 11.3 Å². The van der Waals surface area contributed by atoms with Gasteiger partial charge >= 0.3 is 0 Å². The molecule has 3 heterocycles. The minimum atomic E-state index is -0.458. The van der Waals surface area contributed by atoms with Gasteiger partial charge in [0.25, 0.3) is 5.91 Å². The van der Waals surface area contributed by atoms with Crippen LogP contribution < -0.4 is 11.1 Å². The number of pyridine rings is 2. The van der Waals surface area contributed by atoms with Gasteiger partial charge in [0.05, 0.1) is 23.4 Å². The van der Waals surface area contributed by atoms with Crippen LogP contribution in [-0.4, -0.2) is 30.6 Å². The molecule has 0 aliphatic heterocycles. The molecule has 0 aliphatic rings. The van der Waals surface area contributed by atoms with Crippen LogP contribution in [0.5, 0.6) is 0 Å². The number of benzene rings is 3. The number of nitrogens with one attached hydrogen (secondary N) is 1. The van der Waals surface area contributed by atoms with Gasteiger partial charge in [-0.1, -0.05) is 48.2 Å². The van der Waals surface area contributed by atoms with Crippen LogP contribution in [0.3, 0.4) is 0 Å². The van der Waals surface area contributed by atoms with Gasteiger partial charge in [0, 0.05) is 33.5 Å². The first-order valence-corrected chi connectivity index (χ1v) is 13.3. The maximum atomic E-state index is 14.2. The summed E-state index contributed by atoms with van der Waals surface area (Å²) in [6.45, 7) is 0.191. The Hall–Kier alpha value is -4.80. The second-order valence-electron chi connectivity index (χ2n) is 9.06. The fourth-order valence-electron chi connectivity index (χ4n) is 4.46. The molecule has 10 heteroatoms. The van der Waals surface area contributed by atoms with E-state index < -0.39 is 5.82 Å². The number of hydrogen-bond acceptors (Lipinski definition) is 7. The summed E-state index contributed by atoms with van der Waals surface area (Å²) in [4.78, 5) is 24.3. The summed E-state index contributed by atoms with van der Waals surface area (Å²) in [5.74, 6) is -0.666. The molecule has 8 nitrogen and oxygen atoms in total. The number of carbonyl (C=O) groups excluding carboxylic acids is 1. The number of nitrogens with two attached hydrogens (primary N) is 1. The summed E-state index contributed by atoms with van der Waals surface area (Å²) in [7, 11) is 0. The molecule has 0 fully saturated rings. The number of rotatable bonds is 7. The molecule has 0 atom stereocenters. The summed E-state index contributed by atoms with van der Waals surface area (Å²) in [5, 5.41) is 17.2. The molecule has 1 amide bonds. The third-order valence-corrected chi connectivity index (χ3v) is 7.68. The molecule has 198 valence electrons. The van der Waals surface area contributed by atoms with Crippen molar-refractivity contribution in [1.29, 1.82) is 0 Å². The van der Waals surface area contributed by atoms with E-state index in [9.17, 15) is 14.3 Å². The molecule has 0 saturated carbocycles. The summed E-state index contributed by atoms with van der Waals surface area (Å²) in [5.41, 5.74) is 10.0. The highest BCUT2D eigenvalue weighted by molar-refractivity contribution is 7.99. The number of nitrogens with zero attached hydrogens (tertiary/aromatic N) is 4. The molecular formula is C30H23FN6O2S. The van der Waals surface area contributed by atoms with Crippen LogP contribution in [0.15, 0.2) is 101 Å². The highest BCUT2D eigenvalue weighted by Crippen LogP contribution is 2.33. The zero-order valence-electron chi connectivity index (χ0n) is 21.1. The van der Waals surface area contributed by atoms with Crippen molar-refractivity contribution in [3.05, 3.63) is 114 Å². The van der Waals surface area contributed by atoms with Crippen LogP contribution >= 0.6 is 11.8 Å². The lowest BCUT2D eigenvalue weighted by Crippen LogP contribution is -2.23. The lowest BCUT2D eigenvalue weighted by atomic mass is 10.0. The number of aliphatic hydroxyl groups is 1. The number of aliphatic hydroxyl groups excluding tert-OH is 1. The van der Waals surface area contributed by atoms with E-state index in [4.69, 9.17) is 5.73 Å². The second-order valence-corrected chi connectivity index (χ2v) is 10.1. The molecule has 4 N–H and O–H groups in total. The van der Waals surface area contributed by atoms with Crippen LogP contribution in [0.2, 0.25) is 0 Å². The number of hydrogen-bond donors (Lipinski definition) is 3. The molecule has 0 radical (unpaired) electrons. The molecule has 6 rings (SSSR count). The van der Waals surface area contributed by atoms with E-state index in [2.05, 4.69) is 20.4 Å². The fraction of sp³-hybridized carbons (Fsp3) is 0.0667. The first-order valence-electron chi connectivity index (χ1n) is 12.4. The molecule has 0 bridgehead atoms. The average molecular weight is 551 g/mol. The Bertz CT molecular complexity index is 1890. The highest BCUT2D eigenvalue weighted by Gasteiger charge is 2.17. The molecule has 3 aromatic heterocycles. The Kier molecular flexibility index (Phi) is 6.85. The van der Waals surface area contributed by atoms with E-state index in [1.54, 1.807) is 35.0 Å². The quantitative estimate of drug-likeness (QED) is 0.249. The Morgan fingerprint density at radius 3 is 2.50 bits per heavy atom. The summed E-state index contributed by atoms with van der Waals surface area (Å²) < 4.78 is 15.8. The number of nitrogen functional groups attached to an aromatic ring is 1. The topological polar surface area (TPSA) is 118 Å². The van der Waals surface area contributed by atoms with Gasteiger partial charge in [0.15, 0.2) is 5.65 Å². The van der Waals surface area contributed by atoms with Crippen LogP contribution in [0, 0.1) is 5.82 Å². The van der Waals surface area contributed by atoms with Gasteiger partial charge in [-0.05, 0) is 59.7 Å². The number of amides is 1. The number of fused-ring (bicyclic) bond motifs is 2. The van der Waals surface area contributed by atoms with E-state index >= 15 is 0 Å². The number of aromatic nitrogens is 4. The Balaban J connectivity index is 1.32. The zero-order chi connectivity index (χ0) is 27.6. The van der Waals surface area contributed by atoms with E-state index in [0.717, 1.165) is 20.9 Å². The predicted octanol–water partition coefficient (Wildman–Crippen LogP) is 5.24. The van der Waals surface area contributed by atoms with Crippen molar-refractivity contribution in [2.75, 3.05) is 5.73 Å². The standard InChI is InChI=1S/C30H23FN6O2S/c31-21-9-10-24-22(14-21)23(15-25(34-24)18-11-12-37-28(13-18)35-30(32)36-37)29(39)33-16-19-5-1-3-7-26(19)40-27-8-4-2-6-20(27)17-38/h1-15,38H,16-17H2,(H2,32,36)(H,33,39). The minimum absolute atomic E-state index is 0.0620. The normalized spacial score (nSPS) is 11.2. The van der Waals surface area contributed by atoms with E-state index in [1.807, 2.05) is 48.5 Å². The van der Waals surface area contributed by atoms with Crippen LogP contribution in [0.4, 0.5) is 10.3 Å². The third-order valence-electron chi connectivity index (χ3n) is 6.44. The molecule has 0 aliphatic carbocycles. The first kappa shape index (κ1) is 25.5. The molecule has 3 aromatic carbocycles. The van der Waals surface area contributed by atoms with Crippen molar-refractivity contribution in [2.24, 2.45) is 0 Å². The second kappa shape index (κ2) is 10.8. The Labute approximate surface area is 232 Å². The fourth-order valence-corrected chi connectivity index (χ4v) is 5.53. The van der Waals surface area contributed by atoms with Gasteiger partial charge < -0.3 is 16.2 Å². The van der Waals surface area contributed by atoms with Crippen molar-refractivity contribution in [3.63, 3.8) is 0 Å². The molecule has 0 spiro atoms. The van der Waals surface area contributed by atoms with Crippen LogP contribution in [0.25, 0.3) is 27.8 Å². The maximum Gasteiger partial charge on any atom is 0.252 e. The smallest absolute Gasteiger partial charge is 0.252 e. The molecule has 0 unspecified atom stereocenters. The summed E-state index contributed by atoms with van der Waals surface area (Å²) in [6.07, 6.45) is 1.72. The summed E-state index contributed by atoms with van der Waals surface area (Å²) >= 11 is 1.53. The largest absolute Gasteiger partial charge is 0.392 e. The lowest BCUT2D eigenvalue weighted by molar-refractivity contribution is 0.0952. The van der Waals surface area contributed by atoms with Gasteiger partial charge in [0.1, 0.15) is 5.82 Å².